The number of ether oxygens (including phenoxy) is 2. The van der Waals surface area contributed by atoms with Crippen molar-refractivity contribution in [3.63, 3.8) is 0 Å². The zero-order valence-corrected chi connectivity index (χ0v) is 18.4. The molecule has 0 amide bonds. The highest BCUT2D eigenvalue weighted by Gasteiger charge is 2.39. The fourth-order valence-corrected chi connectivity index (χ4v) is 5.91. The Morgan fingerprint density at radius 2 is 1.69 bits per heavy atom. The van der Waals surface area contributed by atoms with Crippen molar-refractivity contribution in [1.29, 1.82) is 0 Å². The normalized spacial score (nSPS) is 24.0. The fourth-order valence-electron chi connectivity index (χ4n) is 4.87. The molecule has 6 heteroatoms. The summed E-state index contributed by atoms with van der Waals surface area (Å²) in [6.45, 7) is 1.89. The largest absolute Gasteiger partial charge is 0.487 e. The number of benzene rings is 2. The molecule has 1 N–H and O–H groups in total. The maximum Gasteiger partial charge on any atom is 0.165 e. The topological polar surface area (TPSA) is 30.5 Å². The molecule has 0 bridgehead atoms. The number of nitrogens with one attached hydrogen (secondary N) is 1. The third kappa shape index (κ3) is 3.83. The average molecular weight is 453 g/mol. The van der Waals surface area contributed by atoms with Crippen LogP contribution < -0.4 is 14.8 Å². The first-order valence-electron chi connectivity index (χ1n) is 10.5. The van der Waals surface area contributed by atoms with E-state index in [9.17, 15) is 0 Å². The average Bonchev–Trinajstić information content (AvgIpc) is 3.07. The molecule has 0 unspecified atom stereocenters. The Balaban J connectivity index is 1.60. The summed E-state index contributed by atoms with van der Waals surface area (Å²) in [4.78, 5) is 0. The molecule has 1 aliphatic carbocycles. The summed E-state index contributed by atoms with van der Waals surface area (Å²) < 4.78 is 12.9. The smallest absolute Gasteiger partial charge is 0.165 e. The van der Waals surface area contributed by atoms with E-state index in [-0.39, 0.29) is 12.2 Å². The summed E-state index contributed by atoms with van der Waals surface area (Å²) in [5, 5.41) is 5.12. The molecule has 0 radical (unpaired) electrons. The van der Waals surface area contributed by atoms with Crippen molar-refractivity contribution in [3.05, 3.63) is 44.9 Å². The zero-order chi connectivity index (χ0) is 20.0. The molecule has 1 saturated heterocycles. The first kappa shape index (κ1) is 19.8. The van der Waals surface area contributed by atoms with Gasteiger partial charge < -0.3 is 14.8 Å². The molecule has 0 aromatic heterocycles. The van der Waals surface area contributed by atoms with Gasteiger partial charge in [0, 0.05) is 28.6 Å². The maximum absolute atomic E-state index is 6.55. The molecule has 0 spiro atoms. The summed E-state index contributed by atoms with van der Waals surface area (Å²) in [5.41, 5.74) is 2.94. The van der Waals surface area contributed by atoms with E-state index in [2.05, 4.69) is 11.4 Å². The van der Waals surface area contributed by atoms with Crippen molar-refractivity contribution in [1.82, 2.24) is 5.32 Å². The number of hydrogen-bond acceptors (Lipinski definition) is 3. The predicted octanol–water partition coefficient (Wildman–Crippen LogP) is 6.86. The molecule has 2 aliphatic heterocycles. The molecule has 1 saturated carbocycles. The number of rotatable bonds is 3. The second-order valence-corrected chi connectivity index (χ2v) is 9.52. The van der Waals surface area contributed by atoms with Crippen molar-refractivity contribution in [2.24, 2.45) is 0 Å². The molecule has 5 rings (SSSR count). The van der Waals surface area contributed by atoms with E-state index < -0.39 is 0 Å². The Morgan fingerprint density at radius 3 is 2.45 bits per heavy atom. The van der Waals surface area contributed by atoms with Crippen molar-refractivity contribution < 1.29 is 9.47 Å². The van der Waals surface area contributed by atoms with Gasteiger partial charge in [0.2, 0.25) is 0 Å². The highest BCUT2D eigenvalue weighted by Crippen LogP contribution is 2.50. The zero-order valence-electron chi connectivity index (χ0n) is 16.1. The van der Waals surface area contributed by atoms with Gasteiger partial charge in [-0.05, 0) is 68.5 Å². The SMILES string of the molecule is Clc1cc(Cl)c(-c2cc(OC3CCCCC3)c3c(c2)[C@@H]2CNCC[C@@H]2O3)c(Cl)c1. The molecule has 3 nitrogen and oxygen atoms in total. The number of fused-ring (bicyclic) bond motifs is 3. The van der Waals surface area contributed by atoms with Gasteiger partial charge in [0.05, 0.1) is 16.1 Å². The molecule has 2 fully saturated rings. The quantitative estimate of drug-likeness (QED) is 0.551. The van der Waals surface area contributed by atoms with E-state index >= 15 is 0 Å². The predicted molar refractivity (Wildman–Crippen MR) is 119 cm³/mol. The number of halogens is 3. The summed E-state index contributed by atoms with van der Waals surface area (Å²) in [6, 6.07) is 7.68. The Hall–Kier alpha value is -1.13. The van der Waals surface area contributed by atoms with Crippen molar-refractivity contribution in [3.8, 4) is 22.6 Å². The minimum absolute atomic E-state index is 0.200. The summed E-state index contributed by atoms with van der Waals surface area (Å²) in [6.07, 6.45) is 7.36. The van der Waals surface area contributed by atoms with Crippen molar-refractivity contribution >= 4 is 34.8 Å². The van der Waals surface area contributed by atoms with E-state index in [1.165, 1.54) is 24.8 Å². The minimum Gasteiger partial charge on any atom is -0.487 e. The lowest BCUT2D eigenvalue weighted by molar-refractivity contribution is 0.134. The van der Waals surface area contributed by atoms with Crippen LogP contribution in [0.2, 0.25) is 15.1 Å². The van der Waals surface area contributed by atoms with Crippen LogP contribution in [0, 0.1) is 0 Å². The molecule has 2 heterocycles. The standard InChI is InChI=1S/C23H24Cl3NO2/c24-14-10-18(25)22(19(26)11-14)13-8-16-17-12-27-7-6-20(17)29-23(16)21(9-13)28-15-4-2-1-3-5-15/h8-11,15,17,20,27H,1-7,12H2/t17-,20-/m0/s1. The van der Waals surface area contributed by atoms with Gasteiger partial charge >= 0.3 is 0 Å². The van der Waals surface area contributed by atoms with Crippen LogP contribution in [-0.2, 0) is 0 Å². The van der Waals surface area contributed by atoms with Gasteiger partial charge in [-0.2, -0.15) is 0 Å². The fraction of sp³-hybridized carbons (Fsp3) is 0.478. The first-order chi connectivity index (χ1) is 14.1. The van der Waals surface area contributed by atoms with E-state index in [1.807, 2.05) is 6.07 Å². The third-order valence-electron chi connectivity index (χ3n) is 6.31. The van der Waals surface area contributed by atoms with Crippen LogP contribution in [0.15, 0.2) is 24.3 Å². The molecular formula is C23H24Cl3NO2. The Bertz CT molecular complexity index is 904. The van der Waals surface area contributed by atoms with Crippen molar-refractivity contribution in [2.75, 3.05) is 13.1 Å². The number of hydrogen-bond donors (Lipinski definition) is 1. The monoisotopic (exact) mass is 451 g/mol. The van der Waals surface area contributed by atoms with Gasteiger partial charge in [0.1, 0.15) is 6.10 Å². The molecule has 2 aromatic rings. The van der Waals surface area contributed by atoms with Crippen LogP contribution in [0.25, 0.3) is 11.1 Å². The molecule has 29 heavy (non-hydrogen) atoms. The summed E-state index contributed by atoms with van der Waals surface area (Å²) >= 11 is 19.2. The molecular weight excluding hydrogens is 429 g/mol. The van der Waals surface area contributed by atoms with Gasteiger partial charge in [0.25, 0.3) is 0 Å². The van der Waals surface area contributed by atoms with Gasteiger partial charge in [-0.1, -0.05) is 41.2 Å². The van der Waals surface area contributed by atoms with E-state index in [0.29, 0.717) is 21.0 Å². The lowest BCUT2D eigenvalue weighted by Crippen LogP contribution is -2.37. The molecule has 2 atom stereocenters. The van der Waals surface area contributed by atoms with E-state index in [4.69, 9.17) is 44.3 Å². The minimum atomic E-state index is 0.200. The van der Waals surface area contributed by atoms with Crippen LogP contribution in [-0.4, -0.2) is 25.3 Å². The Labute approximate surface area is 186 Å². The summed E-state index contributed by atoms with van der Waals surface area (Å²) in [5.74, 6) is 2.04. The van der Waals surface area contributed by atoms with Crippen LogP contribution in [0.5, 0.6) is 11.5 Å². The van der Waals surface area contributed by atoms with Crippen LogP contribution in [0.4, 0.5) is 0 Å². The lowest BCUT2D eigenvalue weighted by Gasteiger charge is -2.25. The van der Waals surface area contributed by atoms with Crippen LogP contribution in [0.1, 0.15) is 50.0 Å². The second-order valence-electron chi connectivity index (χ2n) is 8.27. The van der Waals surface area contributed by atoms with Crippen LogP contribution in [0.3, 0.4) is 0 Å². The van der Waals surface area contributed by atoms with Crippen molar-refractivity contribution in [2.45, 2.75) is 56.7 Å². The molecule has 2 aromatic carbocycles. The van der Waals surface area contributed by atoms with Gasteiger partial charge in [-0.3, -0.25) is 0 Å². The summed E-state index contributed by atoms with van der Waals surface area (Å²) in [7, 11) is 0. The number of piperidine rings is 1. The highest BCUT2D eigenvalue weighted by molar-refractivity contribution is 6.41. The Kier molecular flexibility index (Phi) is 5.59. The lowest BCUT2D eigenvalue weighted by atomic mass is 9.89. The Morgan fingerprint density at radius 1 is 0.931 bits per heavy atom. The van der Waals surface area contributed by atoms with Gasteiger partial charge in [-0.25, -0.2) is 0 Å². The third-order valence-corrected chi connectivity index (χ3v) is 7.13. The highest BCUT2D eigenvalue weighted by atomic mass is 35.5. The molecule has 3 aliphatic rings. The maximum atomic E-state index is 6.55. The van der Waals surface area contributed by atoms with Crippen LogP contribution >= 0.6 is 34.8 Å². The van der Waals surface area contributed by atoms with Gasteiger partial charge in [-0.15, -0.1) is 0 Å². The van der Waals surface area contributed by atoms with E-state index in [1.54, 1.807) is 12.1 Å². The van der Waals surface area contributed by atoms with Gasteiger partial charge in [0.15, 0.2) is 11.5 Å². The van der Waals surface area contributed by atoms with E-state index in [0.717, 1.165) is 55.0 Å². The molecule has 154 valence electrons. The first-order valence-corrected chi connectivity index (χ1v) is 11.6. The second kappa shape index (κ2) is 8.19.